The molecule has 0 aliphatic carbocycles. The second-order valence-corrected chi connectivity index (χ2v) is 10.3. The van der Waals surface area contributed by atoms with Gasteiger partial charge in [-0.2, -0.15) is 0 Å². The van der Waals surface area contributed by atoms with E-state index in [0.29, 0.717) is 0 Å². The molecular formula is C9H27NO2Si3. The highest BCUT2D eigenvalue weighted by Gasteiger charge is 2.10. The Morgan fingerprint density at radius 1 is 1.20 bits per heavy atom. The van der Waals surface area contributed by atoms with Crippen LogP contribution in [0.4, 0.5) is 0 Å². The van der Waals surface area contributed by atoms with Gasteiger partial charge in [-0.1, -0.05) is 32.6 Å². The fourth-order valence-electron chi connectivity index (χ4n) is 1.62. The highest BCUT2D eigenvalue weighted by Crippen LogP contribution is 2.11. The van der Waals surface area contributed by atoms with E-state index in [4.69, 9.17) is 14.0 Å². The zero-order valence-corrected chi connectivity index (χ0v) is 14.9. The van der Waals surface area contributed by atoms with E-state index < -0.39 is 19.0 Å². The molecule has 1 unspecified atom stereocenters. The summed E-state index contributed by atoms with van der Waals surface area (Å²) in [6.07, 6.45) is 6.54. The molecule has 0 aromatic rings. The minimum Gasteiger partial charge on any atom is -0.449 e. The molecule has 0 fully saturated rings. The van der Waals surface area contributed by atoms with E-state index in [-0.39, 0.29) is 0 Å². The highest BCUT2D eigenvalue weighted by molar-refractivity contribution is 6.57. The Balaban J connectivity index is 3.49. The van der Waals surface area contributed by atoms with E-state index in [2.05, 4.69) is 6.92 Å². The van der Waals surface area contributed by atoms with Gasteiger partial charge in [-0.25, -0.2) is 0 Å². The highest BCUT2D eigenvalue weighted by atomic mass is 28.4. The van der Waals surface area contributed by atoms with Crippen molar-refractivity contribution in [3.05, 3.63) is 0 Å². The smallest absolute Gasteiger partial charge is 0.283 e. The molecule has 0 heterocycles. The normalized spacial score (nSPS) is 14.0. The predicted molar refractivity (Wildman–Crippen MR) is 75.2 cm³/mol. The van der Waals surface area contributed by atoms with Crippen LogP contribution in [0.3, 0.4) is 0 Å². The molecule has 15 heavy (non-hydrogen) atoms. The number of nitrogens with two attached hydrogens (primary N) is 1. The number of rotatable bonds is 11. The van der Waals surface area contributed by atoms with Crippen molar-refractivity contribution in [2.24, 2.45) is 5.73 Å². The maximum absolute atomic E-state index is 5.91. The predicted octanol–water partition coefficient (Wildman–Crippen LogP) is -0.0483. The van der Waals surface area contributed by atoms with Crippen LogP contribution in [0.25, 0.3) is 0 Å². The Bertz CT molecular complexity index is 122. The van der Waals surface area contributed by atoms with Gasteiger partial charge in [-0.05, 0) is 25.1 Å². The molecule has 0 spiro atoms. The van der Waals surface area contributed by atoms with Crippen LogP contribution in [0.15, 0.2) is 0 Å². The Hall–Kier alpha value is 0.531. The molecule has 0 aliphatic rings. The third-order valence-corrected chi connectivity index (χ3v) is 8.01. The van der Waals surface area contributed by atoms with Gasteiger partial charge >= 0.3 is 0 Å². The van der Waals surface area contributed by atoms with Gasteiger partial charge in [-0.15, -0.1) is 0 Å². The molecular weight excluding hydrogens is 238 g/mol. The fourth-order valence-corrected chi connectivity index (χ4v) is 7.22. The van der Waals surface area contributed by atoms with Crippen molar-refractivity contribution in [3.63, 3.8) is 0 Å². The first-order chi connectivity index (χ1) is 7.35. The van der Waals surface area contributed by atoms with Gasteiger partial charge in [0.25, 0.3) is 10.0 Å². The monoisotopic (exact) mass is 265 g/mol. The topological polar surface area (TPSA) is 44.5 Å². The summed E-state index contributed by atoms with van der Waals surface area (Å²) in [6.45, 7) is 3.06. The minimum atomic E-state index is -0.933. The molecule has 0 aliphatic heterocycles. The van der Waals surface area contributed by atoms with E-state index in [0.717, 1.165) is 23.5 Å². The van der Waals surface area contributed by atoms with E-state index in [1.165, 1.54) is 37.8 Å². The van der Waals surface area contributed by atoms with Crippen molar-refractivity contribution >= 4 is 29.5 Å². The quantitative estimate of drug-likeness (QED) is 0.421. The summed E-state index contributed by atoms with van der Waals surface area (Å²) in [6, 6.07) is 2.58. The summed E-state index contributed by atoms with van der Waals surface area (Å²) in [5.74, 6) is 0. The molecule has 0 radical (unpaired) electrons. The second kappa shape index (κ2) is 12.6. The molecule has 92 valence electrons. The molecule has 0 aromatic heterocycles. The van der Waals surface area contributed by atoms with Crippen molar-refractivity contribution in [3.8, 4) is 0 Å². The maximum Gasteiger partial charge on any atom is 0.283 e. The molecule has 0 aromatic carbocycles. The first-order valence-corrected chi connectivity index (χ1v) is 10.2. The molecule has 0 saturated heterocycles. The lowest BCUT2D eigenvalue weighted by molar-refractivity contribution is 0.481. The second-order valence-electron chi connectivity index (χ2n) is 3.98. The molecule has 0 bridgehead atoms. The number of hydrogen-bond donors (Lipinski definition) is 1. The van der Waals surface area contributed by atoms with E-state index in [1.807, 2.05) is 0 Å². The van der Waals surface area contributed by atoms with Crippen molar-refractivity contribution in [2.45, 2.75) is 51.1 Å². The van der Waals surface area contributed by atoms with Gasteiger partial charge in [0.1, 0.15) is 10.5 Å². The molecule has 0 amide bonds. The zero-order chi connectivity index (χ0) is 11.4. The van der Waals surface area contributed by atoms with Gasteiger partial charge in [0.05, 0.1) is 0 Å². The van der Waals surface area contributed by atoms with Crippen molar-refractivity contribution in [2.75, 3.05) is 6.54 Å². The van der Waals surface area contributed by atoms with E-state index >= 15 is 0 Å². The number of unbranched alkanes of at least 4 members (excludes halogenated alkanes) is 3. The van der Waals surface area contributed by atoms with Crippen LogP contribution in [-0.4, -0.2) is 36.1 Å². The Morgan fingerprint density at radius 3 is 2.53 bits per heavy atom. The maximum atomic E-state index is 5.91. The van der Waals surface area contributed by atoms with E-state index in [1.54, 1.807) is 0 Å². The molecule has 1 atom stereocenters. The van der Waals surface area contributed by atoms with Crippen LogP contribution in [0.2, 0.25) is 12.1 Å². The van der Waals surface area contributed by atoms with Crippen molar-refractivity contribution in [1.29, 1.82) is 0 Å². The fraction of sp³-hybridized carbons (Fsp3) is 1.00. The summed E-state index contributed by atoms with van der Waals surface area (Å²) in [5.41, 5.74) is 5.54. The van der Waals surface area contributed by atoms with Crippen LogP contribution in [-0.2, 0) is 8.23 Å². The average molecular weight is 266 g/mol. The van der Waals surface area contributed by atoms with E-state index in [9.17, 15) is 0 Å². The SMILES string of the molecule is CCCCCC[SiH](CCCN)O[SiH2]O[SiH3]. The molecule has 0 rings (SSSR count). The van der Waals surface area contributed by atoms with Gasteiger partial charge in [0.15, 0.2) is 9.04 Å². The summed E-state index contributed by atoms with van der Waals surface area (Å²) in [5, 5.41) is 0. The van der Waals surface area contributed by atoms with Gasteiger partial charge in [0.2, 0.25) is 0 Å². The van der Waals surface area contributed by atoms with Gasteiger partial charge in [-0.3, -0.25) is 0 Å². The summed E-state index contributed by atoms with van der Waals surface area (Å²) in [7, 11) is -0.703. The third-order valence-electron chi connectivity index (χ3n) is 2.53. The lowest BCUT2D eigenvalue weighted by Gasteiger charge is -2.15. The first-order valence-electron chi connectivity index (χ1n) is 6.15. The minimum absolute atomic E-state index is 0.611. The van der Waals surface area contributed by atoms with Crippen LogP contribution in [0.5, 0.6) is 0 Å². The van der Waals surface area contributed by atoms with Crippen molar-refractivity contribution in [1.82, 2.24) is 0 Å². The lowest BCUT2D eigenvalue weighted by Crippen LogP contribution is -2.22. The first kappa shape index (κ1) is 15.5. The third kappa shape index (κ3) is 10.8. The zero-order valence-electron chi connectivity index (χ0n) is 10.3. The standard InChI is InChI=1S/C9H27NO2Si3/c1-2-3-4-5-8-15(9-6-7-10)12-14-11-13/h15H,2-10,14H2,1,13H3. The van der Waals surface area contributed by atoms with Gasteiger partial charge in [0, 0.05) is 0 Å². The van der Waals surface area contributed by atoms with Crippen LogP contribution in [0.1, 0.15) is 39.0 Å². The Kier molecular flexibility index (Phi) is 13.0. The lowest BCUT2D eigenvalue weighted by atomic mass is 10.2. The summed E-state index contributed by atoms with van der Waals surface area (Å²) >= 11 is 0. The van der Waals surface area contributed by atoms with Crippen molar-refractivity contribution < 1.29 is 8.23 Å². The van der Waals surface area contributed by atoms with Gasteiger partial charge < -0.3 is 14.0 Å². The Labute approximate surface area is 101 Å². The van der Waals surface area contributed by atoms with Crippen LogP contribution >= 0.6 is 0 Å². The van der Waals surface area contributed by atoms with Crippen LogP contribution < -0.4 is 5.73 Å². The summed E-state index contributed by atoms with van der Waals surface area (Å²) in [4.78, 5) is 0. The number of hydrogen-bond acceptors (Lipinski definition) is 3. The molecule has 2 N–H and O–H groups in total. The molecule has 6 heteroatoms. The molecule has 3 nitrogen and oxygen atoms in total. The largest absolute Gasteiger partial charge is 0.449 e. The summed E-state index contributed by atoms with van der Waals surface area (Å²) < 4.78 is 11.1. The average Bonchev–Trinajstić information content (AvgIpc) is 2.27. The van der Waals surface area contributed by atoms with Crippen LogP contribution in [0, 0.1) is 0 Å². The Morgan fingerprint density at radius 2 is 1.93 bits per heavy atom. The molecule has 0 saturated carbocycles.